The van der Waals surface area contributed by atoms with Gasteiger partial charge in [-0.3, -0.25) is 0 Å². The minimum absolute atomic E-state index is 0.00786. The average Bonchev–Trinajstić information content (AvgIpc) is 3.85. The van der Waals surface area contributed by atoms with Crippen LogP contribution in [0.5, 0.6) is 0 Å². The first-order valence-electron chi connectivity index (χ1n) is 26.7. The molecule has 13 rings (SSSR count). The summed E-state index contributed by atoms with van der Waals surface area (Å²) in [7, 11) is 0. The first-order chi connectivity index (χ1) is 33.3. The van der Waals surface area contributed by atoms with Gasteiger partial charge in [0, 0.05) is 53.6 Å². The van der Waals surface area contributed by atoms with Crippen LogP contribution in [0.2, 0.25) is 0 Å². The zero-order valence-corrected chi connectivity index (χ0v) is 45.9. The molecule has 0 bridgehead atoms. The van der Waals surface area contributed by atoms with Crippen molar-refractivity contribution in [1.29, 1.82) is 0 Å². The van der Waals surface area contributed by atoms with E-state index in [-0.39, 0.29) is 39.3 Å². The molecule has 2 aromatic heterocycles. The molecule has 7 aromatic carbocycles. The summed E-state index contributed by atoms with van der Waals surface area (Å²) in [6, 6.07) is 44.4. The monoisotopic (exact) mass is 947 g/mol. The molecular formula is C67H71BN2S. The maximum atomic E-state index is 2.86. The molecule has 0 spiro atoms. The minimum atomic E-state index is -0.0765. The van der Waals surface area contributed by atoms with Gasteiger partial charge >= 0.3 is 6.85 Å². The zero-order valence-electron chi connectivity index (χ0n) is 45.1. The summed E-state index contributed by atoms with van der Waals surface area (Å²) in [4.78, 5) is 2.86. The summed E-state index contributed by atoms with van der Waals surface area (Å²) in [5.74, 6) is 0. The number of hydrogen-bond acceptors (Lipinski definition) is 2. The third-order valence-corrected chi connectivity index (χ3v) is 19.6. The van der Waals surface area contributed by atoms with E-state index >= 15 is 0 Å². The van der Waals surface area contributed by atoms with Crippen LogP contribution in [0.25, 0.3) is 69.9 Å². The summed E-state index contributed by atoms with van der Waals surface area (Å²) < 4.78 is 5.47. The Morgan fingerprint density at radius 1 is 0.507 bits per heavy atom. The fraction of sp³-hybridized carbons (Fsp3) is 0.373. The molecule has 0 atom stereocenters. The Morgan fingerprint density at radius 3 is 1.76 bits per heavy atom. The summed E-state index contributed by atoms with van der Waals surface area (Å²) in [6.45, 7) is 36.5. The van der Waals surface area contributed by atoms with E-state index in [2.05, 4.69) is 222 Å². The van der Waals surface area contributed by atoms with Crippen LogP contribution < -0.4 is 15.7 Å². The number of thiophene rings is 1. The Kier molecular flexibility index (Phi) is 9.15. The molecule has 0 N–H and O–H groups in total. The lowest BCUT2D eigenvalue weighted by Gasteiger charge is -2.46. The van der Waals surface area contributed by atoms with Gasteiger partial charge in [0.2, 0.25) is 0 Å². The normalized spacial score (nSPS) is 18.2. The van der Waals surface area contributed by atoms with Gasteiger partial charge in [-0.1, -0.05) is 145 Å². The molecule has 9 aromatic rings. The van der Waals surface area contributed by atoms with Gasteiger partial charge in [-0.15, -0.1) is 11.3 Å². The molecule has 358 valence electrons. The van der Waals surface area contributed by atoms with Gasteiger partial charge in [0.1, 0.15) is 0 Å². The largest absolute Gasteiger partial charge is 0.376 e. The van der Waals surface area contributed by atoms with E-state index in [0.29, 0.717) is 0 Å². The molecular weight excluding hydrogens is 876 g/mol. The SMILES string of the molecule is Cc1cc2c(cc1N1B3c4c(cc(-c5ccccc5)cc4-n4c5ccc(C(C)(C)C)cc5c5cc(C(C)(C)C)cc3c54)-c3c1ccc1sc4cc5c(cc4c31)C(C)(C)CCC5(C)C)C(C)(C)CCC2(C)C. The number of aromatic nitrogens is 1. The first kappa shape index (κ1) is 45.3. The lowest BCUT2D eigenvalue weighted by Crippen LogP contribution is -2.61. The molecule has 0 saturated carbocycles. The van der Waals surface area contributed by atoms with E-state index in [1.165, 1.54) is 157 Å². The van der Waals surface area contributed by atoms with E-state index in [0.717, 1.165) is 0 Å². The Balaban J connectivity index is 1.24. The molecule has 2 aliphatic heterocycles. The number of anilines is 2. The quantitative estimate of drug-likeness (QED) is 0.157. The van der Waals surface area contributed by atoms with E-state index in [9.17, 15) is 0 Å². The molecule has 2 nitrogen and oxygen atoms in total. The van der Waals surface area contributed by atoms with Crippen molar-refractivity contribution in [3.8, 4) is 27.9 Å². The van der Waals surface area contributed by atoms with Gasteiger partial charge in [-0.25, -0.2) is 0 Å². The van der Waals surface area contributed by atoms with Crippen molar-refractivity contribution in [3.63, 3.8) is 0 Å². The smallest absolute Gasteiger partial charge is 0.333 e. The summed E-state index contributed by atoms with van der Waals surface area (Å²) in [5.41, 5.74) is 25.2. The lowest BCUT2D eigenvalue weighted by atomic mass is 9.43. The van der Waals surface area contributed by atoms with Gasteiger partial charge in [0.25, 0.3) is 0 Å². The van der Waals surface area contributed by atoms with Crippen molar-refractivity contribution in [1.82, 2.24) is 4.57 Å². The van der Waals surface area contributed by atoms with Crippen molar-refractivity contribution < 1.29 is 0 Å². The van der Waals surface area contributed by atoms with Crippen molar-refractivity contribution in [3.05, 3.63) is 148 Å². The highest BCUT2D eigenvalue weighted by Gasteiger charge is 2.47. The van der Waals surface area contributed by atoms with Crippen LogP contribution in [0.1, 0.15) is 162 Å². The molecule has 4 aliphatic rings. The van der Waals surface area contributed by atoms with Crippen molar-refractivity contribution in [2.45, 2.75) is 162 Å². The van der Waals surface area contributed by atoms with Gasteiger partial charge in [-0.2, -0.15) is 0 Å². The number of benzene rings is 7. The van der Waals surface area contributed by atoms with Crippen LogP contribution in [0.3, 0.4) is 0 Å². The highest BCUT2D eigenvalue weighted by atomic mass is 32.1. The van der Waals surface area contributed by atoms with Gasteiger partial charge < -0.3 is 9.38 Å². The predicted molar refractivity (Wildman–Crippen MR) is 311 cm³/mol. The second kappa shape index (κ2) is 14.3. The van der Waals surface area contributed by atoms with Crippen LogP contribution in [-0.4, -0.2) is 11.4 Å². The summed E-state index contributed by atoms with van der Waals surface area (Å²) in [6.07, 6.45) is 4.77. The Labute approximate surface area is 427 Å². The number of aryl methyl sites for hydroxylation is 1. The molecule has 4 heteroatoms. The minimum Gasteiger partial charge on any atom is -0.376 e. The van der Waals surface area contributed by atoms with Crippen LogP contribution in [0.4, 0.5) is 11.4 Å². The van der Waals surface area contributed by atoms with Crippen LogP contribution in [0.15, 0.2) is 109 Å². The Morgan fingerprint density at radius 2 is 1.11 bits per heavy atom. The molecule has 0 unspecified atom stereocenters. The zero-order chi connectivity index (χ0) is 49.9. The molecule has 0 amide bonds. The van der Waals surface area contributed by atoms with E-state index < -0.39 is 0 Å². The van der Waals surface area contributed by atoms with Crippen LogP contribution in [0, 0.1) is 6.92 Å². The molecule has 2 aliphatic carbocycles. The van der Waals surface area contributed by atoms with E-state index in [1.807, 2.05) is 11.3 Å². The Bertz CT molecular complexity index is 3800. The third-order valence-electron chi connectivity index (χ3n) is 18.5. The fourth-order valence-electron chi connectivity index (χ4n) is 13.8. The average molecular weight is 947 g/mol. The molecule has 0 saturated heterocycles. The van der Waals surface area contributed by atoms with Gasteiger partial charge in [0.15, 0.2) is 0 Å². The lowest BCUT2D eigenvalue weighted by molar-refractivity contribution is 0.332. The maximum Gasteiger partial charge on any atom is 0.333 e. The highest BCUT2D eigenvalue weighted by Crippen LogP contribution is 2.56. The summed E-state index contributed by atoms with van der Waals surface area (Å²) >= 11 is 2.00. The fourth-order valence-corrected chi connectivity index (χ4v) is 15.0. The number of rotatable bonds is 2. The van der Waals surface area contributed by atoms with Crippen molar-refractivity contribution in [2.24, 2.45) is 0 Å². The van der Waals surface area contributed by atoms with Gasteiger partial charge in [0.05, 0.1) is 11.0 Å². The Hall–Kier alpha value is -5.58. The second-order valence-electron chi connectivity index (χ2n) is 27.2. The highest BCUT2D eigenvalue weighted by molar-refractivity contribution is 7.26. The van der Waals surface area contributed by atoms with Crippen molar-refractivity contribution in [2.75, 3.05) is 4.81 Å². The topological polar surface area (TPSA) is 8.17 Å². The molecule has 71 heavy (non-hydrogen) atoms. The van der Waals surface area contributed by atoms with E-state index in [1.54, 1.807) is 0 Å². The van der Waals surface area contributed by atoms with Gasteiger partial charge in [-0.05, 0) is 192 Å². The van der Waals surface area contributed by atoms with Crippen LogP contribution >= 0.6 is 11.3 Å². The van der Waals surface area contributed by atoms with Crippen LogP contribution in [-0.2, 0) is 32.5 Å². The summed E-state index contributed by atoms with van der Waals surface area (Å²) in [5, 5.41) is 5.51. The number of nitrogens with zero attached hydrogens (tertiary/aromatic N) is 2. The third kappa shape index (κ3) is 6.38. The molecule has 0 fully saturated rings. The number of fused-ring (bicyclic) bond motifs is 13. The van der Waals surface area contributed by atoms with Crippen molar-refractivity contribution >= 4 is 82.5 Å². The molecule has 4 heterocycles. The first-order valence-corrected chi connectivity index (χ1v) is 27.5. The van der Waals surface area contributed by atoms with E-state index in [4.69, 9.17) is 0 Å². The number of hydrogen-bond donors (Lipinski definition) is 0. The standard InChI is InChI=1S/C67H71BN2S/c1-38-29-47-49(66(12,13)27-25-64(47,8)9)36-54(38)70-53-23-24-56-59(45-35-48-50(37-57(45)71-56)67(14,15)28-26-65(48,10)11)58(53)46-30-40(39-19-17-16-18-20-39)31-55-60(46)68(70)51-34-42(63(5,6)7)33-44-43-32-41(62(2,3)4)21-22-52(43)69(55)61(44)51/h16-24,29-37H,25-28H2,1-15H3. The maximum absolute atomic E-state index is 2.86. The molecule has 0 radical (unpaired) electrons. The second-order valence-corrected chi connectivity index (χ2v) is 28.3. The predicted octanol–water partition coefficient (Wildman–Crippen LogP) is 17.7.